The molecular formula is C22H29N3O5. The van der Waals surface area contributed by atoms with E-state index < -0.39 is 11.9 Å². The summed E-state index contributed by atoms with van der Waals surface area (Å²) in [4.78, 5) is 24.6. The number of esters is 1. The normalized spacial score (nSPS) is 14.0. The van der Waals surface area contributed by atoms with Crippen LogP contribution in [0.1, 0.15) is 55.9 Å². The van der Waals surface area contributed by atoms with E-state index in [0.29, 0.717) is 35.9 Å². The number of amides is 1. The van der Waals surface area contributed by atoms with Gasteiger partial charge < -0.3 is 19.5 Å². The number of carbonyl (C=O) groups is 2. The van der Waals surface area contributed by atoms with Crippen LogP contribution < -0.4 is 14.8 Å². The van der Waals surface area contributed by atoms with Crippen molar-refractivity contribution in [2.75, 3.05) is 25.6 Å². The number of nitrogens with one attached hydrogen (secondary N) is 1. The molecule has 1 aliphatic carbocycles. The third-order valence-corrected chi connectivity index (χ3v) is 4.91. The number of rotatable bonds is 9. The predicted molar refractivity (Wildman–Crippen MR) is 112 cm³/mol. The van der Waals surface area contributed by atoms with Crippen molar-refractivity contribution in [3.05, 3.63) is 36.0 Å². The number of benzene rings is 1. The van der Waals surface area contributed by atoms with E-state index in [0.717, 1.165) is 12.8 Å². The van der Waals surface area contributed by atoms with E-state index in [1.807, 2.05) is 18.5 Å². The average Bonchev–Trinajstić information content (AvgIpc) is 3.42. The maximum Gasteiger partial charge on any atom is 0.338 e. The van der Waals surface area contributed by atoms with E-state index in [1.165, 1.54) is 20.0 Å². The van der Waals surface area contributed by atoms with E-state index in [9.17, 15) is 9.59 Å². The summed E-state index contributed by atoms with van der Waals surface area (Å²) in [6, 6.07) is 6.86. The molecule has 3 rings (SSSR count). The maximum absolute atomic E-state index is 12.4. The van der Waals surface area contributed by atoms with Gasteiger partial charge in [0.25, 0.3) is 5.91 Å². The Hall–Kier alpha value is -3.03. The Morgan fingerprint density at radius 2 is 1.97 bits per heavy atom. The number of hydrogen-bond acceptors (Lipinski definition) is 6. The second-order valence-electron chi connectivity index (χ2n) is 7.79. The van der Waals surface area contributed by atoms with Gasteiger partial charge in [-0.05, 0) is 37.0 Å². The van der Waals surface area contributed by atoms with Crippen LogP contribution in [0.3, 0.4) is 0 Å². The largest absolute Gasteiger partial charge is 0.493 e. The number of anilines is 1. The zero-order chi connectivity index (χ0) is 21.5. The molecular weight excluding hydrogens is 386 g/mol. The minimum Gasteiger partial charge on any atom is -0.493 e. The van der Waals surface area contributed by atoms with Crippen molar-refractivity contribution in [3.8, 4) is 11.5 Å². The molecule has 1 saturated carbocycles. The van der Waals surface area contributed by atoms with Gasteiger partial charge in [-0.25, -0.2) is 9.48 Å². The molecule has 8 nitrogen and oxygen atoms in total. The van der Waals surface area contributed by atoms with Gasteiger partial charge in [0.2, 0.25) is 0 Å². The number of aromatic nitrogens is 2. The fourth-order valence-electron chi connectivity index (χ4n) is 3.42. The Bertz CT molecular complexity index is 871. The van der Waals surface area contributed by atoms with Crippen LogP contribution in [0.5, 0.6) is 11.5 Å². The Morgan fingerprint density at radius 3 is 2.67 bits per heavy atom. The molecule has 1 heterocycles. The molecule has 1 fully saturated rings. The third kappa shape index (κ3) is 5.52. The van der Waals surface area contributed by atoms with Crippen LogP contribution in [0.25, 0.3) is 0 Å². The molecule has 1 amide bonds. The zero-order valence-corrected chi connectivity index (χ0v) is 17.7. The number of methoxy groups -OCH3 is 1. The highest BCUT2D eigenvalue weighted by atomic mass is 16.5. The standard InChI is InChI=1S/C22H29N3O5/c1-15(2)13-29-18-9-8-16(12-19(18)28-3)22(27)30-14-21(26)24-20-10-11-23-25(20)17-6-4-5-7-17/h8-12,15,17H,4-7,13-14H2,1-3H3,(H,24,26). The molecule has 0 spiro atoms. The van der Waals surface area contributed by atoms with Crippen molar-refractivity contribution in [3.63, 3.8) is 0 Å². The van der Waals surface area contributed by atoms with E-state index in [4.69, 9.17) is 14.2 Å². The van der Waals surface area contributed by atoms with Gasteiger partial charge >= 0.3 is 5.97 Å². The second-order valence-corrected chi connectivity index (χ2v) is 7.79. The Labute approximate surface area is 176 Å². The summed E-state index contributed by atoms with van der Waals surface area (Å²) >= 11 is 0. The van der Waals surface area contributed by atoms with Crippen molar-refractivity contribution in [2.24, 2.45) is 5.92 Å². The molecule has 0 radical (unpaired) electrons. The summed E-state index contributed by atoms with van der Waals surface area (Å²) in [5, 5.41) is 7.09. The molecule has 0 aliphatic heterocycles. The number of hydrogen-bond donors (Lipinski definition) is 1. The third-order valence-electron chi connectivity index (χ3n) is 4.91. The van der Waals surface area contributed by atoms with Crippen molar-refractivity contribution in [1.82, 2.24) is 9.78 Å². The van der Waals surface area contributed by atoms with Crippen LogP contribution in [-0.2, 0) is 9.53 Å². The zero-order valence-electron chi connectivity index (χ0n) is 17.7. The van der Waals surface area contributed by atoms with Gasteiger partial charge in [-0.2, -0.15) is 5.10 Å². The van der Waals surface area contributed by atoms with Gasteiger partial charge in [0.15, 0.2) is 18.1 Å². The molecule has 0 saturated heterocycles. The van der Waals surface area contributed by atoms with Crippen LogP contribution in [0, 0.1) is 5.92 Å². The fourth-order valence-corrected chi connectivity index (χ4v) is 3.42. The van der Waals surface area contributed by atoms with Gasteiger partial charge in [-0.1, -0.05) is 26.7 Å². The molecule has 30 heavy (non-hydrogen) atoms. The first-order valence-electron chi connectivity index (χ1n) is 10.3. The van der Waals surface area contributed by atoms with Crippen molar-refractivity contribution >= 4 is 17.7 Å². The summed E-state index contributed by atoms with van der Waals surface area (Å²) in [6.07, 6.45) is 6.10. The molecule has 0 atom stereocenters. The van der Waals surface area contributed by atoms with Crippen molar-refractivity contribution < 1.29 is 23.8 Å². The average molecular weight is 415 g/mol. The summed E-state index contributed by atoms with van der Waals surface area (Å²) < 4.78 is 18.0. The lowest BCUT2D eigenvalue weighted by Crippen LogP contribution is -2.23. The van der Waals surface area contributed by atoms with Crippen molar-refractivity contribution in [2.45, 2.75) is 45.6 Å². The van der Waals surface area contributed by atoms with Gasteiger partial charge in [-0.3, -0.25) is 4.79 Å². The number of nitrogens with zero attached hydrogens (tertiary/aromatic N) is 2. The van der Waals surface area contributed by atoms with Gasteiger partial charge in [0, 0.05) is 6.07 Å². The van der Waals surface area contributed by atoms with E-state index in [1.54, 1.807) is 30.5 Å². The molecule has 0 unspecified atom stereocenters. The number of carbonyl (C=O) groups excluding carboxylic acids is 2. The van der Waals surface area contributed by atoms with Crippen LogP contribution in [0.2, 0.25) is 0 Å². The summed E-state index contributed by atoms with van der Waals surface area (Å²) in [5.41, 5.74) is 0.285. The highest BCUT2D eigenvalue weighted by Gasteiger charge is 2.21. The second kappa shape index (κ2) is 10.1. The molecule has 1 aromatic heterocycles. The molecule has 1 aromatic carbocycles. The molecule has 0 bridgehead atoms. The predicted octanol–water partition coefficient (Wildman–Crippen LogP) is 3.84. The van der Waals surface area contributed by atoms with Crippen LogP contribution in [-0.4, -0.2) is 42.0 Å². The summed E-state index contributed by atoms with van der Waals surface area (Å²) in [5.74, 6) is 0.963. The summed E-state index contributed by atoms with van der Waals surface area (Å²) in [7, 11) is 1.51. The Balaban J connectivity index is 1.55. The maximum atomic E-state index is 12.4. The Kier molecular flexibility index (Phi) is 7.32. The minimum atomic E-state index is -0.608. The molecule has 1 N–H and O–H groups in total. The molecule has 2 aromatic rings. The van der Waals surface area contributed by atoms with E-state index in [2.05, 4.69) is 10.4 Å². The highest BCUT2D eigenvalue weighted by molar-refractivity contribution is 5.95. The first kappa shape index (κ1) is 21.7. The van der Waals surface area contributed by atoms with Crippen molar-refractivity contribution in [1.29, 1.82) is 0 Å². The molecule has 8 heteroatoms. The first-order chi connectivity index (χ1) is 14.5. The van der Waals surface area contributed by atoms with Crippen LogP contribution in [0.15, 0.2) is 30.5 Å². The first-order valence-corrected chi connectivity index (χ1v) is 10.3. The molecule has 1 aliphatic rings. The SMILES string of the molecule is COc1cc(C(=O)OCC(=O)Nc2ccnn2C2CCCC2)ccc1OCC(C)C. The lowest BCUT2D eigenvalue weighted by molar-refractivity contribution is -0.119. The van der Waals surface area contributed by atoms with Gasteiger partial charge in [0.1, 0.15) is 5.82 Å². The van der Waals surface area contributed by atoms with Crippen LogP contribution in [0.4, 0.5) is 5.82 Å². The Morgan fingerprint density at radius 1 is 1.20 bits per heavy atom. The van der Waals surface area contributed by atoms with Gasteiger partial charge in [0.05, 0.1) is 31.5 Å². The smallest absolute Gasteiger partial charge is 0.338 e. The topological polar surface area (TPSA) is 91.7 Å². The molecule has 162 valence electrons. The van der Waals surface area contributed by atoms with Crippen LogP contribution >= 0.6 is 0 Å². The lowest BCUT2D eigenvalue weighted by atomic mass is 10.2. The summed E-state index contributed by atoms with van der Waals surface area (Å²) in [6.45, 7) is 4.24. The lowest BCUT2D eigenvalue weighted by Gasteiger charge is -2.15. The highest BCUT2D eigenvalue weighted by Crippen LogP contribution is 2.31. The van der Waals surface area contributed by atoms with E-state index >= 15 is 0 Å². The monoisotopic (exact) mass is 415 g/mol. The quantitative estimate of drug-likeness (QED) is 0.626. The van der Waals surface area contributed by atoms with Gasteiger partial charge in [-0.15, -0.1) is 0 Å². The minimum absolute atomic E-state index is 0.285. The number of ether oxygens (including phenoxy) is 3. The fraction of sp³-hybridized carbons (Fsp3) is 0.500. The van der Waals surface area contributed by atoms with E-state index in [-0.39, 0.29) is 12.2 Å².